The Morgan fingerprint density at radius 1 is 1.06 bits per heavy atom. The first kappa shape index (κ1) is 22.5. The van der Waals surface area contributed by atoms with Gasteiger partial charge in [0.25, 0.3) is 10.0 Å². The number of sulfonamides is 1. The molecule has 2 aromatic rings. The second-order valence-corrected chi connectivity index (χ2v) is 11.6. The molecule has 0 bridgehead atoms. The number of hydrogen-bond donors (Lipinski definition) is 1. The number of imidazole rings is 1. The summed E-state index contributed by atoms with van der Waals surface area (Å²) in [5, 5.41) is 0. The number of aromatic nitrogens is 3. The van der Waals surface area contributed by atoms with Crippen LogP contribution in [-0.4, -0.2) is 28.7 Å². The minimum atomic E-state index is -3.89. The van der Waals surface area contributed by atoms with Gasteiger partial charge in [0.1, 0.15) is 5.69 Å². The highest BCUT2D eigenvalue weighted by atomic mass is 32.2. The number of nitrogens with zero attached hydrogens (tertiary/aromatic N) is 3. The number of rotatable bonds is 7. The summed E-state index contributed by atoms with van der Waals surface area (Å²) in [6, 6.07) is 10.5. The molecule has 7 nitrogen and oxygen atoms in total. The molecule has 32 heavy (non-hydrogen) atoms. The van der Waals surface area contributed by atoms with E-state index in [2.05, 4.69) is 14.7 Å². The quantitative estimate of drug-likeness (QED) is 0.394. The molecule has 0 amide bonds. The molecule has 1 N–H and O–H groups in total. The second-order valence-electron chi connectivity index (χ2n) is 7.33. The maximum Gasteiger partial charge on any atom is 0.354 e. The zero-order valence-electron chi connectivity index (χ0n) is 17.8. The third-order valence-corrected chi connectivity index (χ3v) is 8.87. The van der Waals surface area contributed by atoms with Crippen molar-refractivity contribution in [2.75, 3.05) is 10.5 Å². The molecule has 1 aromatic heterocycles. The van der Waals surface area contributed by atoms with Gasteiger partial charge in [0.05, 0.1) is 9.10 Å². The van der Waals surface area contributed by atoms with E-state index in [0.717, 1.165) is 38.1 Å². The maximum absolute atomic E-state index is 13.0. The predicted octanol–water partition coefficient (Wildman–Crippen LogP) is 4.19. The van der Waals surface area contributed by atoms with Gasteiger partial charge < -0.3 is 0 Å². The van der Waals surface area contributed by atoms with Crippen LogP contribution in [0.15, 0.2) is 62.7 Å². The summed E-state index contributed by atoms with van der Waals surface area (Å²) in [5.41, 5.74) is 2.88. The van der Waals surface area contributed by atoms with E-state index in [0.29, 0.717) is 5.69 Å². The summed E-state index contributed by atoms with van der Waals surface area (Å²) in [4.78, 5) is 21.9. The van der Waals surface area contributed by atoms with Crippen LogP contribution in [0, 0.1) is 20.8 Å². The SMILES string of the molecule is Cc1ccc(S(=O)(=O)Nc2nc(=O)n3c(C)c(C)sc(SCCc4ccncc4)c2-3)cc1. The number of anilines is 1. The lowest BCUT2D eigenvalue weighted by Gasteiger charge is -2.16. The summed E-state index contributed by atoms with van der Waals surface area (Å²) in [5.74, 6) is 0.823. The van der Waals surface area contributed by atoms with Crippen LogP contribution in [0.5, 0.6) is 0 Å². The average Bonchev–Trinajstić information content (AvgIpc) is 3.08. The number of hydrogen-bond acceptors (Lipinski definition) is 7. The molecule has 10 heteroatoms. The largest absolute Gasteiger partial charge is 0.354 e. The third kappa shape index (κ3) is 4.57. The molecular weight excluding hydrogens is 464 g/mol. The molecule has 0 aliphatic carbocycles. The summed E-state index contributed by atoms with van der Waals surface area (Å²) < 4.78 is 30.8. The number of fused-ring (bicyclic) bond motifs is 1. The van der Waals surface area contributed by atoms with Gasteiger partial charge in [-0.25, -0.2) is 13.2 Å². The molecule has 0 saturated carbocycles. The normalized spacial score (nSPS) is 11.7. The van der Waals surface area contributed by atoms with E-state index in [1.54, 1.807) is 36.3 Å². The second kappa shape index (κ2) is 9.05. The van der Waals surface area contributed by atoms with Crippen LogP contribution < -0.4 is 10.4 Å². The molecular formula is C22H22N4O3S3. The smallest absolute Gasteiger partial charge is 0.265 e. The van der Waals surface area contributed by atoms with Crippen molar-refractivity contribution in [2.24, 2.45) is 0 Å². The van der Waals surface area contributed by atoms with E-state index in [1.807, 2.05) is 32.9 Å². The fraction of sp³-hybridized carbons (Fsp3) is 0.227. The highest BCUT2D eigenvalue weighted by Crippen LogP contribution is 2.38. The van der Waals surface area contributed by atoms with E-state index in [1.165, 1.54) is 28.0 Å². The molecule has 0 fully saturated rings. The summed E-state index contributed by atoms with van der Waals surface area (Å²) >= 11 is 3.12. The molecule has 0 spiro atoms. The number of aryl methyl sites for hydroxylation is 3. The minimum Gasteiger partial charge on any atom is -0.265 e. The summed E-state index contributed by atoms with van der Waals surface area (Å²) in [6.45, 7) is 5.67. The lowest BCUT2D eigenvalue weighted by molar-refractivity contribution is 0.601. The first-order valence-corrected chi connectivity index (χ1v) is 13.2. The molecule has 1 aromatic carbocycles. The van der Waals surface area contributed by atoms with Gasteiger partial charge in [0.15, 0.2) is 5.82 Å². The molecule has 166 valence electrons. The lowest BCUT2D eigenvalue weighted by atomic mass is 10.2. The zero-order valence-corrected chi connectivity index (χ0v) is 20.3. The molecule has 0 radical (unpaired) electrons. The van der Waals surface area contributed by atoms with Gasteiger partial charge in [0.2, 0.25) is 0 Å². The zero-order chi connectivity index (χ0) is 22.9. The monoisotopic (exact) mass is 486 g/mol. The molecule has 2 aliphatic rings. The fourth-order valence-corrected chi connectivity index (χ4v) is 6.72. The number of benzene rings is 1. The minimum absolute atomic E-state index is 0.0568. The van der Waals surface area contributed by atoms with E-state index >= 15 is 0 Å². The highest BCUT2D eigenvalue weighted by molar-refractivity contribution is 8.01. The lowest BCUT2D eigenvalue weighted by Crippen LogP contribution is -2.17. The van der Waals surface area contributed by atoms with Crippen molar-refractivity contribution < 1.29 is 8.42 Å². The Labute approximate surface area is 195 Å². The van der Waals surface area contributed by atoms with Crippen molar-refractivity contribution in [3.05, 3.63) is 81.0 Å². The van der Waals surface area contributed by atoms with Crippen molar-refractivity contribution >= 4 is 38.9 Å². The van der Waals surface area contributed by atoms with Crippen molar-refractivity contribution in [2.45, 2.75) is 36.3 Å². The van der Waals surface area contributed by atoms with E-state index in [-0.39, 0.29) is 10.7 Å². The third-order valence-electron chi connectivity index (χ3n) is 5.07. The van der Waals surface area contributed by atoms with Gasteiger partial charge >= 0.3 is 5.69 Å². The van der Waals surface area contributed by atoms with Crippen LogP contribution in [0.3, 0.4) is 0 Å². The number of nitrogens with one attached hydrogen (secondary N) is 1. The Hall–Kier alpha value is -2.69. The summed E-state index contributed by atoms with van der Waals surface area (Å²) in [6.07, 6.45) is 4.34. The molecule has 4 rings (SSSR count). The average molecular weight is 487 g/mol. The molecule has 0 saturated heterocycles. The Balaban J connectivity index is 1.70. The molecule has 2 aliphatic heterocycles. The standard InChI is InChI=1S/C22H22N4O3S3/c1-14-4-6-18(7-5-14)32(28,29)25-20-19-21(30-13-10-17-8-11-23-12-9-17)31-16(3)15(2)26(19)22(27)24-20/h4-9,11-12H,10,13H2,1-3H3,(H,24,25,27). The van der Waals surface area contributed by atoms with E-state index in [9.17, 15) is 13.2 Å². The van der Waals surface area contributed by atoms with E-state index in [4.69, 9.17) is 0 Å². The van der Waals surface area contributed by atoms with E-state index < -0.39 is 15.7 Å². The first-order valence-electron chi connectivity index (χ1n) is 9.90. The molecule has 0 atom stereocenters. The van der Waals surface area contributed by atoms with Gasteiger partial charge in [0, 0.05) is 28.7 Å². The predicted molar refractivity (Wildman–Crippen MR) is 129 cm³/mol. The Morgan fingerprint density at radius 3 is 2.44 bits per heavy atom. The van der Waals surface area contributed by atoms with Crippen LogP contribution >= 0.6 is 23.1 Å². The van der Waals surface area contributed by atoms with Gasteiger partial charge in [-0.1, -0.05) is 17.7 Å². The molecule has 3 heterocycles. The Bertz CT molecular complexity index is 1380. The van der Waals surface area contributed by atoms with Crippen LogP contribution in [0.1, 0.15) is 21.7 Å². The van der Waals surface area contributed by atoms with Crippen LogP contribution in [0.25, 0.3) is 5.69 Å². The van der Waals surface area contributed by atoms with Crippen molar-refractivity contribution in [3.8, 4) is 5.69 Å². The van der Waals surface area contributed by atoms with Crippen LogP contribution in [0.4, 0.5) is 5.82 Å². The van der Waals surface area contributed by atoms with Gasteiger partial charge in [-0.3, -0.25) is 14.3 Å². The van der Waals surface area contributed by atoms with Gasteiger partial charge in [-0.05, 0) is 57.0 Å². The van der Waals surface area contributed by atoms with Crippen LogP contribution in [0.2, 0.25) is 0 Å². The maximum atomic E-state index is 13.0. The first-order chi connectivity index (χ1) is 15.3. The van der Waals surface area contributed by atoms with Crippen molar-refractivity contribution in [3.63, 3.8) is 0 Å². The van der Waals surface area contributed by atoms with Crippen molar-refractivity contribution in [1.29, 1.82) is 0 Å². The number of pyridine rings is 1. The number of thioether (sulfide) groups is 1. The fourth-order valence-electron chi connectivity index (χ4n) is 3.20. The Morgan fingerprint density at radius 2 is 1.75 bits per heavy atom. The highest BCUT2D eigenvalue weighted by Gasteiger charge is 2.26. The Kier molecular flexibility index (Phi) is 6.36. The van der Waals surface area contributed by atoms with Crippen molar-refractivity contribution in [1.82, 2.24) is 14.5 Å². The summed E-state index contributed by atoms with van der Waals surface area (Å²) in [7, 11) is -3.89. The molecule has 0 unspecified atom stereocenters. The van der Waals surface area contributed by atoms with Gasteiger partial charge in [-0.2, -0.15) is 4.98 Å². The van der Waals surface area contributed by atoms with Crippen LogP contribution in [-0.2, 0) is 16.4 Å². The topological polar surface area (TPSA) is 94.0 Å². The van der Waals surface area contributed by atoms with Gasteiger partial charge in [-0.15, -0.1) is 23.1 Å².